The lowest BCUT2D eigenvalue weighted by Gasteiger charge is -2.33. The van der Waals surface area contributed by atoms with Crippen LogP contribution in [-0.2, 0) is 10.0 Å². The van der Waals surface area contributed by atoms with Gasteiger partial charge in [0.25, 0.3) is 0 Å². The van der Waals surface area contributed by atoms with E-state index < -0.39 is 10.0 Å². The topological polar surface area (TPSA) is 64.4 Å². The molecule has 20 heavy (non-hydrogen) atoms. The van der Waals surface area contributed by atoms with Crippen LogP contribution < -0.4 is 0 Å². The Labute approximate surface area is 124 Å². The molecule has 0 bridgehead atoms. The van der Waals surface area contributed by atoms with Crippen LogP contribution in [0.2, 0.25) is 5.02 Å². The molecule has 0 aliphatic carbocycles. The third kappa shape index (κ3) is 2.96. The van der Waals surface area contributed by atoms with E-state index in [1.807, 2.05) is 6.07 Å². The first-order valence-corrected chi connectivity index (χ1v) is 8.23. The standard InChI is InChI=1S/C13H16ClN3O2S/c1-2-16-5-7-17(8-6-16)20(18,19)13-4-3-11(10-15)9-12(13)14/h3-4,9H,2,5-8H2,1H3. The van der Waals surface area contributed by atoms with Gasteiger partial charge in [0.2, 0.25) is 10.0 Å². The van der Waals surface area contributed by atoms with Gasteiger partial charge >= 0.3 is 0 Å². The number of nitrogens with zero attached hydrogens (tertiary/aromatic N) is 3. The van der Waals surface area contributed by atoms with Crippen molar-refractivity contribution >= 4 is 21.6 Å². The molecule has 0 amide bonds. The molecule has 0 radical (unpaired) electrons. The third-order valence-electron chi connectivity index (χ3n) is 3.46. The molecule has 2 rings (SSSR count). The van der Waals surface area contributed by atoms with Crippen LogP contribution >= 0.6 is 11.6 Å². The zero-order chi connectivity index (χ0) is 14.8. The molecule has 1 saturated heterocycles. The summed E-state index contributed by atoms with van der Waals surface area (Å²) in [4.78, 5) is 2.27. The fourth-order valence-corrected chi connectivity index (χ4v) is 4.15. The minimum absolute atomic E-state index is 0.0723. The van der Waals surface area contributed by atoms with Crippen LogP contribution in [0.5, 0.6) is 0 Å². The summed E-state index contributed by atoms with van der Waals surface area (Å²) in [6.45, 7) is 5.36. The molecule has 1 aromatic rings. The van der Waals surface area contributed by atoms with E-state index in [0.29, 0.717) is 18.7 Å². The van der Waals surface area contributed by atoms with Gasteiger partial charge in [0, 0.05) is 26.2 Å². The fraction of sp³-hybridized carbons (Fsp3) is 0.462. The van der Waals surface area contributed by atoms with Gasteiger partial charge in [-0.1, -0.05) is 18.5 Å². The van der Waals surface area contributed by atoms with Gasteiger partial charge in [-0.15, -0.1) is 0 Å². The summed E-state index contributed by atoms with van der Waals surface area (Å²) in [7, 11) is -3.58. The molecule has 1 aromatic carbocycles. The zero-order valence-electron chi connectivity index (χ0n) is 11.2. The van der Waals surface area contributed by atoms with E-state index >= 15 is 0 Å². The van der Waals surface area contributed by atoms with E-state index in [1.165, 1.54) is 22.5 Å². The van der Waals surface area contributed by atoms with Crippen LogP contribution in [0, 0.1) is 11.3 Å². The maximum atomic E-state index is 12.5. The molecule has 1 aliphatic rings. The van der Waals surface area contributed by atoms with Gasteiger partial charge in [0.15, 0.2) is 0 Å². The molecule has 0 unspecified atom stereocenters. The Morgan fingerprint density at radius 2 is 1.95 bits per heavy atom. The molecule has 0 aromatic heterocycles. The van der Waals surface area contributed by atoms with Crippen LogP contribution in [0.3, 0.4) is 0 Å². The van der Waals surface area contributed by atoms with E-state index in [-0.39, 0.29) is 9.92 Å². The fourth-order valence-electron chi connectivity index (χ4n) is 2.20. The van der Waals surface area contributed by atoms with Gasteiger partial charge in [-0.2, -0.15) is 9.57 Å². The first-order valence-electron chi connectivity index (χ1n) is 6.41. The number of halogens is 1. The quantitative estimate of drug-likeness (QED) is 0.849. The minimum atomic E-state index is -3.58. The molecular weight excluding hydrogens is 298 g/mol. The Hall–Kier alpha value is -1.13. The number of likely N-dealkylation sites (N-methyl/N-ethyl adjacent to an activating group) is 1. The lowest BCUT2D eigenvalue weighted by molar-refractivity contribution is 0.196. The van der Waals surface area contributed by atoms with E-state index in [9.17, 15) is 8.42 Å². The van der Waals surface area contributed by atoms with E-state index in [2.05, 4.69) is 11.8 Å². The Balaban J connectivity index is 2.25. The molecule has 1 aliphatic heterocycles. The molecule has 7 heteroatoms. The summed E-state index contributed by atoms with van der Waals surface area (Å²) in [6, 6.07) is 6.20. The largest absolute Gasteiger partial charge is 0.301 e. The molecule has 108 valence electrons. The van der Waals surface area contributed by atoms with E-state index in [1.54, 1.807) is 0 Å². The first kappa shape index (κ1) is 15.3. The molecule has 1 heterocycles. The Kier molecular flexibility index (Phi) is 4.66. The van der Waals surface area contributed by atoms with Crippen LogP contribution in [0.25, 0.3) is 0 Å². The normalized spacial score (nSPS) is 17.9. The molecule has 0 spiro atoms. The van der Waals surface area contributed by atoms with Crippen molar-refractivity contribution in [1.82, 2.24) is 9.21 Å². The number of sulfonamides is 1. The van der Waals surface area contributed by atoms with Gasteiger partial charge in [-0.3, -0.25) is 0 Å². The van der Waals surface area contributed by atoms with Crippen molar-refractivity contribution < 1.29 is 8.42 Å². The highest BCUT2D eigenvalue weighted by molar-refractivity contribution is 7.89. The summed E-state index contributed by atoms with van der Waals surface area (Å²) in [5, 5.41) is 8.89. The highest BCUT2D eigenvalue weighted by Crippen LogP contribution is 2.26. The van der Waals surface area contributed by atoms with Crippen molar-refractivity contribution in [2.75, 3.05) is 32.7 Å². The lowest BCUT2D eigenvalue weighted by Crippen LogP contribution is -2.48. The molecule has 0 atom stereocenters. The summed E-state index contributed by atoms with van der Waals surface area (Å²) in [5.41, 5.74) is 0.352. The summed E-state index contributed by atoms with van der Waals surface area (Å²) in [6.07, 6.45) is 0. The monoisotopic (exact) mass is 313 g/mol. The average molecular weight is 314 g/mol. The molecule has 0 saturated carbocycles. The Morgan fingerprint density at radius 3 is 2.45 bits per heavy atom. The predicted molar refractivity (Wildman–Crippen MR) is 77.0 cm³/mol. The maximum Gasteiger partial charge on any atom is 0.244 e. The van der Waals surface area contributed by atoms with Crippen molar-refractivity contribution in [1.29, 1.82) is 5.26 Å². The van der Waals surface area contributed by atoms with Gasteiger partial charge in [-0.25, -0.2) is 8.42 Å². The second kappa shape index (κ2) is 6.10. The predicted octanol–water partition coefficient (Wildman–Crippen LogP) is 1.54. The molecular formula is C13H16ClN3O2S. The van der Waals surface area contributed by atoms with Crippen molar-refractivity contribution in [3.63, 3.8) is 0 Å². The Morgan fingerprint density at radius 1 is 1.30 bits per heavy atom. The zero-order valence-corrected chi connectivity index (χ0v) is 12.8. The molecule has 5 nitrogen and oxygen atoms in total. The van der Waals surface area contributed by atoms with Crippen LogP contribution in [-0.4, -0.2) is 50.3 Å². The summed E-state index contributed by atoms with van der Waals surface area (Å²) < 4.78 is 26.5. The van der Waals surface area contributed by atoms with Crippen molar-refractivity contribution in [3.05, 3.63) is 28.8 Å². The second-order valence-corrected chi connectivity index (χ2v) is 6.91. The summed E-state index contributed by atoms with van der Waals surface area (Å²) in [5.74, 6) is 0. The van der Waals surface area contributed by atoms with Crippen molar-refractivity contribution in [2.45, 2.75) is 11.8 Å². The maximum absolute atomic E-state index is 12.5. The highest BCUT2D eigenvalue weighted by Gasteiger charge is 2.29. The minimum Gasteiger partial charge on any atom is -0.301 e. The SMILES string of the molecule is CCN1CCN(S(=O)(=O)c2ccc(C#N)cc2Cl)CC1. The van der Waals surface area contributed by atoms with Crippen molar-refractivity contribution in [3.8, 4) is 6.07 Å². The lowest BCUT2D eigenvalue weighted by atomic mass is 10.2. The first-order chi connectivity index (χ1) is 9.48. The van der Waals surface area contributed by atoms with Crippen molar-refractivity contribution in [2.24, 2.45) is 0 Å². The third-order valence-corrected chi connectivity index (χ3v) is 5.84. The highest BCUT2D eigenvalue weighted by atomic mass is 35.5. The van der Waals surface area contributed by atoms with E-state index in [0.717, 1.165) is 19.6 Å². The smallest absolute Gasteiger partial charge is 0.244 e. The number of benzene rings is 1. The van der Waals surface area contributed by atoms with Gasteiger partial charge in [0.1, 0.15) is 4.90 Å². The second-order valence-electron chi connectivity index (χ2n) is 4.60. The number of hydrogen-bond acceptors (Lipinski definition) is 4. The van der Waals surface area contributed by atoms with E-state index in [4.69, 9.17) is 16.9 Å². The molecule has 0 N–H and O–H groups in total. The van der Waals surface area contributed by atoms with Crippen LogP contribution in [0.1, 0.15) is 12.5 Å². The number of nitriles is 1. The average Bonchev–Trinajstić information content (AvgIpc) is 2.46. The number of piperazine rings is 1. The van der Waals surface area contributed by atoms with Gasteiger partial charge in [-0.05, 0) is 24.7 Å². The Bertz CT molecular complexity index is 632. The van der Waals surface area contributed by atoms with Gasteiger partial charge < -0.3 is 4.90 Å². The molecule has 1 fully saturated rings. The van der Waals surface area contributed by atoms with Gasteiger partial charge in [0.05, 0.1) is 16.7 Å². The number of hydrogen-bond donors (Lipinski definition) is 0. The summed E-state index contributed by atoms with van der Waals surface area (Å²) >= 11 is 6.00. The number of rotatable bonds is 3. The van der Waals surface area contributed by atoms with Crippen LogP contribution in [0.4, 0.5) is 0 Å². The van der Waals surface area contributed by atoms with Crippen LogP contribution in [0.15, 0.2) is 23.1 Å².